The zero-order valence-corrected chi connectivity index (χ0v) is 14.8. The van der Waals surface area contributed by atoms with Crippen LogP contribution in [0.2, 0.25) is 0 Å². The van der Waals surface area contributed by atoms with Gasteiger partial charge in [-0.25, -0.2) is 13.6 Å². The number of anilines is 1. The SMILES string of the molecule is CC(C)(C)OC(=O)N1C[C@@H](F)[C@@H](Nc2cc([N+](=O)[O-])c([N+](=O)[O-])cc2F)C1. The zero-order valence-electron chi connectivity index (χ0n) is 14.8. The second-order valence-corrected chi connectivity index (χ2v) is 6.99. The number of carbonyl (C=O) groups is 1. The fourth-order valence-electron chi connectivity index (χ4n) is 2.53. The standard InChI is InChI=1S/C15H18F2N4O6/c1-15(2,3)27-14(22)19-6-9(17)11(7-19)18-10-5-13(21(25)26)12(20(23)24)4-8(10)16/h4-5,9,11,18H,6-7H2,1-3H3/t9-,11+/m1/s1. The zero-order chi connectivity index (χ0) is 20.5. The van der Waals surface area contributed by atoms with Crippen LogP contribution in [0.3, 0.4) is 0 Å². The molecule has 12 heteroatoms. The van der Waals surface area contributed by atoms with Gasteiger partial charge in [-0.1, -0.05) is 0 Å². The van der Waals surface area contributed by atoms with Gasteiger partial charge in [0.2, 0.25) is 0 Å². The Morgan fingerprint density at radius 1 is 1.22 bits per heavy atom. The number of halogens is 2. The van der Waals surface area contributed by atoms with Crippen molar-refractivity contribution < 1.29 is 28.2 Å². The summed E-state index contributed by atoms with van der Waals surface area (Å²) < 4.78 is 33.5. The monoisotopic (exact) mass is 388 g/mol. The smallest absolute Gasteiger partial charge is 0.410 e. The molecule has 1 aromatic carbocycles. The molecule has 0 saturated carbocycles. The minimum atomic E-state index is -1.59. The van der Waals surface area contributed by atoms with E-state index in [9.17, 15) is 33.8 Å². The molecule has 0 unspecified atom stereocenters. The van der Waals surface area contributed by atoms with Crippen LogP contribution < -0.4 is 5.32 Å². The van der Waals surface area contributed by atoms with E-state index in [0.717, 1.165) is 4.90 Å². The predicted octanol–water partition coefficient (Wildman–Crippen LogP) is 3.01. The molecule has 0 aliphatic carbocycles. The van der Waals surface area contributed by atoms with E-state index in [1.165, 1.54) is 0 Å². The Balaban J connectivity index is 2.20. The lowest BCUT2D eigenvalue weighted by Gasteiger charge is -2.24. The van der Waals surface area contributed by atoms with Crippen LogP contribution in [0.5, 0.6) is 0 Å². The number of nitrogens with one attached hydrogen (secondary N) is 1. The van der Waals surface area contributed by atoms with Crippen LogP contribution in [0, 0.1) is 26.0 Å². The minimum absolute atomic E-state index is 0.166. The second-order valence-electron chi connectivity index (χ2n) is 6.99. The van der Waals surface area contributed by atoms with Crippen LogP contribution >= 0.6 is 0 Å². The van der Waals surface area contributed by atoms with Gasteiger partial charge in [0.15, 0.2) is 5.82 Å². The van der Waals surface area contributed by atoms with Gasteiger partial charge in [-0.2, -0.15) is 0 Å². The molecule has 1 fully saturated rings. The maximum absolute atomic E-state index is 14.2. The number of nitrogens with zero attached hydrogens (tertiary/aromatic N) is 3. The molecular formula is C15H18F2N4O6. The third-order valence-electron chi connectivity index (χ3n) is 3.70. The molecule has 0 radical (unpaired) electrons. The molecule has 1 aliphatic heterocycles. The van der Waals surface area contributed by atoms with Crippen LogP contribution in [0.25, 0.3) is 0 Å². The summed E-state index contributed by atoms with van der Waals surface area (Å²) in [6, 6.07) is -0.0296. The van der Waals surface area contributed by atoms with Crippen LogP contribution in [0.15, 0.2) is 12.1 Å². The number of ether oxygens (including phenoxy) is 1. The number of likely N-dealkylation sites (tertiary alicyclic amines) is 1. The van der Waals surface area contributed by atoms with Crippen molar-refractivity contribution in [3.8, 4) is 0 Å². The van der Waals surface area contributed by atoms with Gasteiger partial charge < -0.3 is 15.0 Å². The lowest BCUT2D eigenvalue weighted by atomic mass is 10.2. The summed E-state index contributed by atoms with van der Waals surface area (Å²) in [7, 11) is 0. The van der Waals surface area contributed by atoms with E-state index in [-0.39, 0.29) is 13.1 Å². The summed E-state index contributed by atoms with van der Waals surface area (Å²) in [6.45, 7) is 4.47. The third-order valence-corrected chi connectivity index (χ3v) is 3.70. The van der Waals surface area contributed by atoms with Crippen molar-refractivity contribution in [1.29, 1.82) is 0 Å². The number of benzene rings is 1. The Morgan fingerprint density at radius 2 is 1.78 bits per heavy atom. The van der Waals surface area contributed by atoms with E-state index in [2.05, 4.69) is 5.32 Å². The molecule has 1 aromatic rings. The molecule has 0 bridgehead atoms. The van der Waals surface area contributed by atoms with Gasteiger partial charge in [0, 0.05) is 12.6 Å². The number of rotatable bonds is 4. The summed E-state index contributed by atoms with van der Waals surface area (Å²) >= 11 is 0. The highest BCUT2D eigenvalue weighted by Gasteiger charge is 2.38. The molecule has 0 spiro atoms. The summed E-state index contributed by atoms with van der Waals surface area (Å²) in [5, 5.41) is 24.2. The maximum atomic E-state index is 14.2. The quantitative estimate of drug-likeness (QED) is 0.620. The third kappa shape index (κ3) is 4.77. The summed E-state index contributed by atoms with van der Waals surface area (Å²) in [5.41, 5.74) is -3.19. The Bertz CT molecular complexity index is 782. The molecule has 10 nitrogen and oxygen atoms in total. The molecule has 1 aliphatic rings. The van der Waals surface area contributed by atoms with Crippen LogP contribution in [-0.2, 0) is 4.74 Å². The highest BCUT2D eigenvalue weighted by Crippen LogP contribution is 2.33. The normalized spacial score (nSPS) is 19.7. The number of hydrogen-bond donors (Lipinski definition) is 1. The van der Waals surface area contributed by atoms with Crippen molar-refractivity contribution in [2.45, 2.75) is 38.6 Å². The van der Waals surface area contributed by atoms with Gasteiger partial charge >= 0.3 is 17.5 Å². The number of hydrogen-bond acceptors (Lipinski definition) is 7. The van der Waals surface area contributed by atoms with E-state index >= 15 is 0 Å². The molecule has 2 atom stereocenters. The minimum Gasteiger partial charge on any atom is -0.444 e. The van der Waals surface area contributed by atoms with Crippen molar-refractivity contribution in [3.63, 3.8) is 0 Å². The summed E-state index contributed by atoms with van der Waals surface area (Å²) in [5.74, 6) is -1.14. The first-order chi connectivity index (χ1) is 12.4. The predicted molar refractivity (Wildman–Crippen MR) is 89.8 cm³/mol. The van der Waals surface area contributed by atoms with E-state index in [1.807, 2.05) is 0 Å². The fourth-order valence-corrected chi connectivity index (χ4v) is 2.53. The first-order valence-corrected chi connectivity index (χ1v) is 7.90. The molecule has 148 valence electrons. The van der Waals surface area contributed by atoms with Crippen LogP contribution in [0.4, 0.5) is 30.6 Å². The van der Waals surface area contributed by atoms with Gasteiger partial charge in [-0.3, -0.25) is 20.2 Å². The number of carbonyl (C=O) groups excluding carboxylic acids is 1. The van der Waals surface area contributed by atoms with E-state index in [1.54, 1.807) is 20.8 Å². The highest BCUT2D eigenvalue weighted by molar-refractivity contribution is 5.69. The molecular weight excluding hydrogens is 370 g/mol. The van der Waals surface area contributed by atoms with Crippen molar-refractivity contribution in [2.24, 2.45) is 0 Å². The summed E-state index contributed by atoms with van der Waals surface area (Å²) in [4.78, 5) is 32.8. The van der Waals surface area contributed by atoms with Crippen molar-refractivity contribution in [2.75, 3.05) is 18.4 Å². The Kier molecular flexibility index (Phi) is 5.47. The topological polar surface area (TPSA) is 128 Å². The van der Waals surface area contributed by atoms with Crippen molar-refractivity contribution in [1.82, 2.24) is 4.90 Å². The average Bonchev–Trinajstić information content (AvgIpc) is 2.88. The first-order valence-electron chi connectivity index (χ1n) is 7.90. The van der Waals surface area contributed by atoms with E-state index in [4.69, 9.17) is 4.74 Å². The highest BCUT2D eigenvalue weighted by atomic mass is 19.1. The van der Waals surface area contributed by atoms with Gasteiger partial charge in [0.1, 0.15) is 11.8 Å². The molecule has 1 N–H and O–H groups in total. The summed E-state index contributed by atoms with van der Waals surface area (Å²) in [6.07, 6.45) is -2.34. The number of nitro benzene ring substituents is 2. The Morgan fingerprint density at radius 3 is 2.30 bits per heavy atom. The van der Waals surface area contributed by atoms with Crippen molar-refractivity contribution >= 4 is 23.2 Å². The Hall–Kier alpha value is -3.05. The van der Waals surface area contributed by atoms with Gasteiger partial charge in [-0.05, 0) is 20.8 Å². The molecule has 2 rings (SSSR count). The van der Waals surface area contributed by atoms with Gasteiger partial charge in [0.25, 0.3) is 0 Å². The number of amides is 1. The number of nitro groups is 2. The Labute approximate surface area is 152 Å². The second kappa shape index (κ2) is 7.29. The lowest BCUT2D eigenvalue weighted by Crippen LogP contribution is -2.36. The fraction of sp³-hybridized carbons (Fsp3) is 0.533. The van der Waals surface area contributed by atoms with Gasteiger partial charge in [-0.15, -0.1) is 0 Å². The molecule has 1 saturated heterocycles. The average molecular weight is 388 g/mol. The molecule has 1 heterocycles. The van der Waals surface area contributed by atoms with E-state index in [0.29, 0.717) is 12.1 Å². The lowest BCUT2D eigenvalue weighted by molar-refractivity contribution is -0.422. The molecule has 0 aromatic heterocycles. The number of alkyl halides is 1. The largest absolute Gasteiger partial charge is 0.444 e. The van der Waals surface area contributed by atoms with Crippen LogP contribution in [-0.4, -0.2) is 51.7 Å². The maximum Gasteiger partial charge on any atom is 0.410 e. The van der Waals surface area contributed by atoms with Crippen LogP contribution in [0.1, 0.15) is 20.8 Å². The van der Waals surface area contributed by atoms with E-state index < -0.39 is 56.6 Å². The molecule has 27 heavy (non-hydrogen) atoms. The first kappa shape index (κ1) is 20.3. The van der Waals surface area contributed by atoms with Crippen molar-refractivity contribution in [3.05, 3.63) is 38.2 Å². The van der Waals surface area contributed by atoms with Gasteiger partial charge in [0.05, 0.1) is 34.2 Å². The molecule has 1 amide bonds.